The zero-order chi connectivity index (χ0) is 19.0. The molecule has 0 fully saturated rings. The molecule has 0 aromatic carbocycles. The first-order chi connectivity index (χ1) is 13.1. The Bertz CT molecular complexity index is 1060. The first-order valence-corrected chi connectivity index (χ1v) is 10.1. The fraction of sp³-hybridized carbons (Fsp3) is 0.474. The average molecular weight is 386 g/mol. The van der Waals surface area contributed by atoms with Crippen LogP contribution in [0.1, 0.15) is 48.1 Å². The van der Waals surface area contributed by atoms with Gasteiger partial charge in [-0.15, -0.1) is 11.3 Å². The van der Waals surface area contributed by atoms with Crippen molar-refractivity contribution in [2.24, 2.45) is 0 Å². The maximum Gasteiger partial charge on any atom is 0.262 e. The molecule has 1 N–H and O–H groups in total. The predicted octanol–water partition coefficient (Wildman–Crippen LogP) is 3.22. The SMILES string of the molecule is CCc1onc(C)c1NC(=O)CCn1cnc2sc3c(c2c1=O)CCCC3. The van der Waals surface area contributed by atoms with Gasteiger partial charge in [-0.2, -0.15) is 0 Å². The molecule has 0 saturated carbocycles. The van der Waals surface area contributed by atoms with Crippen molar-refractivity contribution in [1.29, 1.82) is 0 Å². The van der Waals surface area contributed by atoms with Gasteiger partial charge >= 0.3 is 0 Å². The van der Waals surface area contributed by atoms with E-state index >= 15 is 0 Å². The number of thiophene rings is 1. The number of hydrogen-bond acceptors (Lipinski definition) is 6. The van der Waals surface area contributed by atoms with E-state index in [1.807, 2.05) is 6.92 Å². The molecule has 142 valence electrons. The van der Waals surface area contributed by atoms with E-state index in [2.05, 4.69) is 15.5 Å². The second-order valence-corrected chi connectivity index (χ2v) is 7.94. The Balaban J connectivity index is 1.52. The number of rotatable bonds is 5. The van der Waals surface area contributed by atoms with E-state index in [0.717, 1.165) is 29.5 Å². The monoisotopic (exact) mass is 386 g/mol. The molecule has 0 radical (unpaired) electrons. The first kappa shape index (κ1) is 17.9. The summed E-state index contributed by atoms with van der Waals surface area (Å²) in [5.74, 6) is 0.487. The summed E-state index contributed by atoms with van der Waals surface area (Å²) in [6.07, 6.45) is 6.68. The lowest BCUT2D eigenvalue weighted by Gasteiger charge is -2.10. The van der Waals surface area contributed by atoms with E-state index in [0.29, 0.717) is 30.1 Å². The molecule has 1 aliphatic rings. The van der Waals surface area contributed by atoms with Gasteiger partial charge in [-0.05, 0) is 38.2 Å². The Labute approximate surface area is 160 Å². The molecule has 8 heteroatoms. The number of hydrogen-bond donors (Lipinski definition) is 1. The molecule has 0 aliphatic heterocycles. The molecule has 4 rings (SSSR count). The van der Waals surface area contributed by atoms with Crippen molar-refractivity contribution in [3.63, 3.8) is 0 Å². The molecule has 27 heavy (non-hydrogen) atoms. The number of carbonyl (C=O) groups is 1. The normalized spacial score (nSPS) is 13.7. The van der Waals surface area contributed by atoms with Crippen molar-refractivity contribution in [2.45, 2.75) is 58.9 Å². The Morgan fingerprint density at radius 2 is 2.19 bits per heavy atom. The third-order valence-electron chi connectivity index (χ3n) is 5.04. The molecule has 0 unspecified atom stereocenters. The highest BCUT2D eigenvalue weighted by Crippen LogP contribution is 2.33. The van der Waals surface area contributed by atoms with E-state index in [-0.39, 0.29) is 17.9 Å². The van der Waals surface area contributed by atoms with E-state index in [1.165, 1.54) is 16.9 Å². The zero-order valence-corrected chi connectivity index (χ0v) is 16.3. The molecule has 3 heterocycles. The van der Waals surface area contributed by atoms with E-state index in [4.69, 9.17) is 4.52 Å². The molecule has 1 aliphatic carbocycles. The molecular weight excluding hydrogens is 364 g/mol. The van der Waals surface area contributed by atoms with Crippen LogP contribution in [0, 0.1) is 6.92 Å². The molecule has 3 aromatic heterocycles. The van der Waals surface area contributed by atoms with Gasteiger partial charge in [-0.25, -0.2) is 4.98 Å². The molecule has 7 nitrogen and oxygen atoms in total. The van der Waals surface area contributed by atoms with Gasteiger partial charge in [0, 0.05) is 24.3 Å². The summed E-state index contributed by atoms with van der Waals surface area (Å²) in [6, 6.07) is 0. The van der Waals surface area contributed by atoms with Crippen LogP contribution < -0.4 is 10.9 Å². The minimum Gasteiger partial charge on any atom is -0.359 e. The highest BCUT2D eigenvalue weighted by molar-refractivity contribution is 7.18. The molecule has 0 saturated heterocycles. The first-order valence-electron chi connectivity index (χ1n) is 9.33. The summed E-state index contributed by atoms with van der Waals surface area (Å²) >= 11 is 1.63. The van der Waals surface area contributed by atoms with E-state index in [9.17, 15) is 9.59 Å². The summed E-state index contributed by atoms with van der Waals surface area (Å²) < 4.78 is 6.74. The summed E-state index contributed by atoms with van der Waals surface area (Å²) in [5.41, 5.74) is 2.42. The largest absolute Gasteiger partial charge is 0.359 e. The molecule has 1 amide bonds. The molecule has 0 spiro atoms. The zero-order valence-electron chi connectivity index (χ0n) is 15.5. The minimum absolute atomic E-state index is 0.0393. The molecule has 0 atom stereocenters. The topological polar surface area (TPSA) is 90.0 Å². The van der Waals surface area contributed by atoms with Gasteiger partial charge < -0.3 is 9.84 Å². The van der Waals surface area contributed by atoms with Gasteiger partial charge in [0.25, 0.3) is 5.56 Å². The van der Waals surface area contributed by atoms with E-state index < -0.39 is 0 Å². The minimum atomic E-state index is -0.171. The van der Waals surface area contributed by atoms with Crippen LogP contribution in [0.15, 0.2) is 15.6 Å². The summed E-state index contributed by atoms with van der Waals surface area (Å²) in [7, 11) is 0. The van der Waals surface area contributed by atoms with Crippen LogP contribution in [0.3, 0.4) is 0 Å². The number of anilines is 1. The Kier molecular flexibility index (Phi) is 4.82. The van der Waals surface area contributed by atoms with Crippen molar-refractivity contribution in [3.05, 3.63) is 38.6 Å². The van der Waals surface area contributed by atoms with Crippen LogP contribution in [-0.2, 0) is 30.6 Å². The number of aryl methyl sites for hydroxylation is 5. The van der Waals surface area contributed by atoms with Gasteiger partial charge in [0.15, 0.2) is 5.76 Å². The third kappa shape index (κ3) is 3.29. The molecule has 3 aromatic rings. The smallest absolute Gasteiger partial charge is 0.262 e. The van der Waals surface area contributed by atoms with Gasteiger partial charge in [0.05, 0.1) is 11.7 Å². The van der Waals surface area contributed by atoms with Gasteiger partial charge in [-0.3, -0.25) is 14.2 Å². The number of aromatic nitrogens is 3. The van der Waals surface area contributed by atoms with Crippen LogP contribution >= 0.6 is 11.3 Å². The number of carbonyl (C=O) groups excluding carboxylic acids is 1. The second kappa shape index (κ2) is 7.26. The fourth-order valence-corrected chi connectivity index (χ4v) is 4.80. The van der Waals surface area contributed by atoms with Crippen molar-refractivity contribution in [1.82, 2.24) is 14.7 Å². The van der Waals surface area contributed by atoms with Crippen LogP contribution in [0.4, 0.5) is 5.69 Å². The van der Waals surface area contributed by atoms with Crippen molar-refractivity contribution < 1.29 is 9.32 Å². The number of fused-ring (bicyclic) bond motifs is 3. The second-order valence-electron chi connectivity index (χ2n) is 6.85. The maximum atomic E-state index is 12.9. The van der Waals surface area contributed by atoms with E-state index in [1.54, 1.807) is 29.2 Å². The fourth-order valence-electron chi connectivity index (χ4n) is 3.58. The summed E-state index contributed by atoms with van der Waals surface area (Å²) in [6.45, 7) is 4.03. The summed E-state index contributed by atoms with van der Waals surface area (Å²) in [5, 5.41) is 7.49. The number of amides is 1. The Hall–Kier alpha value is -2.48. The predicted molar refractivity (Wildman–Crippen MR) is 104 cm³/mol. The lowest BCUT2D eigenvalue weighted by Crippen LogP contribution is -2.24. The summed E-state index contributed by atoms with van der Waals surface area (Å²) in [4.78, 5) is 31.9. The van der Waals surface area contributed by atoms with Gasteiger partial charge in [-0.1, -0.05) is 12.1 Å². The highest BCUT2D eigenvalue weighted by atomic mass is 32.1. The van der Waals surface area contributed by atoms with Crippen LogP contribution in [0.5, 0.6) is 0 Å². The van der Waals surface area contributed by atoms with Crippen LogP contribution in [0.25, 0.3) is 10.2 Å². The third-order valence-corrected chi connectivity index (χ3v) is 6.24. The maximum absolute atomic E-state index is 12.9. The van der Waals surface area contributed by atoms with Crippen LogP contribution in [0.2, 0.25) is 0 Å². The standard InChI is InChI=1S/C19H22N4O3S/c1-3-13-17(11(2)22-26-13)21-15(24)8-9-23-10-20-18-16(19(23)25)12-6-4-5-7-14(12)27-18/h10H,3-9H2,1-2H3,(H,21,24). The number of nitrogens with one attached hydrogen (secondary N) is 1. The highest BCUT2D eigenvalue weighted by Gasteiger charge is 2.20. The van der Waals surface area contributed by atoms with Crippen molar-refractivity contribution >= 4 is 33.1 Å². The average Bonchev–Trinajstić information content (AvgIpc) is 3.22. The van der Waals surface area contributed by atoms with Crippen LogP contribution in [-0.4, -0.2) is 20.6 Å². The van der Waals surface area contributed by atoms with Gasteiger partial charge in [0.1, 0.15) is 16.2 Å². The van der Waals surface area contributed by atoms with Crippen molar-refractivity contribution in [3.8, 4) is 0 Å². The molecular formula is C19H22N4O3S. The lowest BCUT2D eigenvalue weighted by molar-refractivity contribution is -0.116. The lowest BCUT2D eigenvalue weighted by atomic mass is 9.97. The van der Waals surface area contributed by atoms with Gasteiger partial charge in [0.2, 0.25) is 5.91 Å². The number of nitrogens with zero attached hydrogens (tertiary/aromatic N) is 3. The molecule has 0 bridgehead atoms. The van der Waals surface area contributed by atoms with Crippen molar-refractivity contribution in [2.75, 3.05) is 5.32 Å². The quantitative estimate of drug-likeness (QED) is 0.727. The Morgan fingerprint density at radius 1 is 1.37 bits per heavy atom. The Morgan fingerprint density at radius 3 is 3.00 bits per heavy atom.